The number of nitrogens with one attached hydrogen (secondary N) is 2. The number of thiazole rings is 1. The van der Waals surface area contributed by atoms with Gasteiger partial charge in [0.25, 0.3) is 5.91 Å². The fourth-order valence-electron chi connectivity index (χ4n) is 4.58. The number of ether oxygens (including phenoxy) is 1. The first kappa shape index (κ1) is 27.7. The first-order chi connectivity index (χ1) is 19.0. The van der Waals surface area contributed by atoms with Gasteiger partial charge in [-0.3, -0.25) is 19.6 Å². The van der Waals surface area contributed by atoms with E-state index in [0.717, 1.165) is 37.8 Å². The van der Waals surface area contributed by atoms with Crippen molar-refractivity contribution in [3.63, 3.8) is 0 Å². The molecule has 9 nitrogen and oxygen atoms in total. The number of anilines is 1. The van der Waals surface area contributed by atoms with Gasteiger partial charge in [0.15, 0.2) is 5.01 Å². The van der Waals surface area contributed by atoms with Crippen LogP contribution in [0.25, 0.3) is 10.6 Å². The molecule has 0 spiro atoms. The molecule has 0 radical (unpaired) electrons. The fourth-order valence-corrected chi connectivity index (χ4v) is 5.70. The highest BCUT2D eigenvalue weighted by molar-refractivity contribution is 8.00. The Hall–Kier alpha value is -2.87. The van der Waals surface area contributed by atoms with Crippen molar-refractivity contribution in [2.24, 2.45) is 0 Å². The van der Waals surface area contributed by atoms with Gasteiger partial charge >= 0.3 is 5.76 Å². The van der Waals surface area contributed by atoms with E-state index >= 15 is 0 Å². The summed E-state index contributed by atoms with van der Waals surface area (Å²) in [6.07, 6.45) is 7.33. The van der Waals surface area contributed by atoms with Gasteiger partial charge in [0, 0.05) is 62.6 Å². The predicted octanol–water partition coefficient (Wildman–Crippen LogP) is 4.53. The van der Waals surface area contributed by atoms with E-state index in [9.17, 15) is 13.6 Å². The van der Waals surface area contributed by atoms with E-state index in [-0.39, 0.29) is 11.9 Å². The van der Waals surface area contributed by atoms with Gasteiger partial charge in [-0.15, -0.1) is 11.3 Å². The second-order valence-electron chi connectivity index (χ2n) is 9.41. The molecule has 0 bridgehead atoms. The molecule has 3 aromatic rings. The Morgan fingerprint density at radius 3 is 2.77 bits per heavy atom. The van der Waals surface area contributed by atoms with Gasteiger partial charge < -0.3 is 14.8 Å². The zero-order valence-electron chi connectivity index (χ0n) is 21.6. The van der Waals surface area contributed by atoms with E-state index in [2.05, 4.69) is 34.8 Å². The molecular weight excluding hydrogens is 544 g/mol. The van der Waals surface area contributed by atoms with Crippen molar-refractivity contribution in [3.8, 4) is 16.5 Å². The van der Waals surface area contributed by atoms with Crippen LogP contribution in [0.4, 0.5) is 14.5 Å². The first-order valence-electron chi connectivity index (χ1n) is 13.0. The summed E-state index contributed by atoms with van der Waals surface area (Å²) in [4.78, 5) is 31.9. The molecule has 2 aromatic heterocycles. The lowest BCUT2D eigenvalue weighted by molar-refractivity contribution is 0.0891. The molecule has 1 aliphatic carbocycles. The van der Waals surface area contributed by atoms with Crippen molar-refractivity contribution in [1.29, 1.82) is 0 Å². The van der Waals surface area contributed by atoms with Gasteiger partial charge in [0.2, 0.25) is 5.88 Å². The zero-order valence-corrected chi connectivity index (χ0v) is 23.2. The Labute approximate surface area is 234 Å². The molecule has 5 rings (SSSR count). The standard InChI is InChI=1S/C26H31F2N7O2S2/c1-2-37-23-15-29-13-20(31-23)22-14-30-25(38-22)24(36)32-21(16-34-8-10-35(11-9-34)19-6-7-19)17-4-3-5-18(12-17)33-39-26(27)28/h3-5,12-15,19,21,26,33H,2,6-11,16H2,1H3,(H,32,36). The number of aromatic nitrogens is 3. The summed E-state index contributed by atoms with van der Waals surface area (Å²) in [6, 6.07) is 7.64. The van der Waals surface area contributed by atoms with Gasteiger partial charge in [-0.25, -0.2) is 9.97 Å². The van der Waals surface area contributed by atoms with Crippen LogP contribution in [0.15, 0.2) is 42.9 Å². The van der Waals surface area contributed by atoms with E-state index in [1.54, 1.807) is 30.7 Å². The SMILES string of the molecule is CCOc1cncc(-c2cnc(C(=O)NC(CN3CCN(C4CC4)CC3)c3cccc(NSC(F)F)c3)s2)n1. The quantitative estimate of drug-likeness (QED) is 0.302. The highest BCUT2D eigenvalue weighted by Crippen LogP contribution is 2.29. The average Bonchev–Trinajstić information content (AvgIpc) is 3.68. The topological polar surface area (TPSA) is 95.5 Å². The van der Waals surface area contributed by atoms with Crippen LogP contribution in [-0.2, 0) is 0 Å². The van der Waals surface area contributed by atoms with Crippen molar-refractivity contribution in [2.75, 3.05) is 44.1 Å². The third-order valence-electron chi connectivity index (χ3n) is 6.63. The summed E-state index contributed by atoms with van der Waals surface area (Å²) < 4.78 is 33.6. The van der Waals surface area contributed by atoms with Crippen LogP contribution < -0.4 is 14.8 Å². The molecule has 1 aliphatic heterocycles. The molecule has 39 heavy (non-hydrogen) atoms. The fraction of sp³-hybridized carbons (Fsp3) is 0.462. The summed E-state index contributed by atoms with van der Waals surface area (Å²) in [5, 5.41) is 3.45. The van der Waals surface area contributed by atoms with Crippen molar-refractivity contribution < 1.29 is 18.3 Å². The van der Waals surface area contributed by atoms with E-state index in [4.69, 9.17) is 4.74 Å². The first-order valence-corrected chi connectivity index (χ1v) is 14.7. The minimum atomic E-state index is -2.54. The number of alkyl halides is 2. The van der Waals surface area contributed by atoms with Gasteiger partial charge in [-0.1, -0.05) is 12.1 Å². The van der Waals surface area contributed by atoms with Crippen LogP contribution in [0.3, 0.4) is 0 Å². The summed E-state index contributed by atoms with van der Waals surface area (Å²) in [5.74, 6) is -2.43. The largest absolute Gasteiger partial charge is 0.477 e. The van der Waals surface area contributed by atoms with Crippen LogP contribution in [0.1, 0.15) is 41.2 Å². The minimum absolute atomic E-state index is 0.304. The van der Waals surface area contributed by atoms with Gasteiger partial charge in [-0.05, 0) is 37.5 Å². The van der Waals surface area contributed by atoms with Crippen molar-refractivity contribution in [2.45, 2.75) is 37.6 Å². The van der Waals surface area contributed by atoms with Crippen LogP contribution in [-0.4, -0.2) is 81.8 Å². The predicted molar refractivity (Wildman–Crippen MR) is 149 cm³/mol. The lowest BCUT2D eigenvalue weighted by Crippen LogP contribution is -2.49. The molecule has 2 aliphatic rings. The third kappa shape index (κ3) is 7.62. The Kier molecular flexibility index (Phi) is 9.22. The van der Waals surface area contributed by atoms with Crippen molar-refractivity contribution in [1.82, 2.24) is 30.1 Å². The number of carbonyl (C=O) groups is 1. The molecule has 13 heteroatoms. The van der Waals surface area contributed by atoms with Gasteiger partial charge in [0.05, 0.1) is 29.9 Å². The van der Waals surface area contributed by atoms with E-state index in [1.165, 1.54) is 24.2 Å². The number of piperazine rings is 1. The van der Waals surface area contributed by atoms with Crippen LogP contribution >= 0.6 is 23.3 Å². The molecule has 1 aromatic carbocycles. The molecule has 2 N–H and O–H groups in total. The highest BCUT2D eigenvalue weighted by Gasteiger charge is 2.32. The van der Waals surface area contributed by atoms with Crippen molar-refractivity contribution in [3.05, 3.63) is 53.4 Å². The lowest BCUT2D eigenvalue weighted by Gasteiger charge is -2.36. The maximum Gasteiger partial charge on any atom is 0.302 e. The molecule has 1 amide bonds. The molecule has 1 saturated carbocycles. The third-order valence-corrected chi connectivity index (χ3v) is 8.18. The maximum atomic E-state index is 13.4. The van der Waals surface area contributed by atoms with Crippen LogP contribution in [0.5, 0.6) is 5.88 Å². The summed E-state index contributed by atoms with van der Waals surface area (Å²) in [5.41, 5.74) is 1.97. The number of halogens is 2. The molecule has 1 saturated heterocycles. The lowest BCUT2D eigenvalue weighted by atomic mass is 10.0. The van der Waals surface area contributed by atoms with Crippen LogP contribution in [0, 0.1) is 0 Å². The molecule has 3 heterocycles. The Morgan fingerprint density at radius 1 is 1.21 bits per heavy atom. The molecule has 1 atom stereocenters. The number of hydrogen-bond donors (Lipinski definition) is 2. The van der Waals surface area contributed by atoms with E-state index in [0.29, 0.717) is 52.2 Å². The van der Waals surface area contributed by atoms with E-state index in [1.807, 2.05) is 19.1 Å². The number of amides is 1. The zero-order chi connectivity index (χ0) is 27.2. The number of nitrogens with zero attached hydrogens (tertiary/aromatic N) is 5. The van der Waals surface area contributed by atoms with Crippen LogP contribution in [0.2, 0.25) is 0 Å². The summed E-state index contributed by atoms with van der Waals surface area (Å²) in [6.45, 7) is 6.80. The second-order valence-corrected chi connectivity index (χ2v) is 11.2. The summed E-state index contributed by atoms with van der Waals surface area (Å²) >= 11 is 1.58. The highest BCUT2D eigenvalue weighted by atomic mass is 32.2. The maximum absolute atomic E-state index is 13.4. The molecule has 1 unspecified atom stereocenters. The molecule has 208 valence electrons. The smallest absolute Gasteiger partial charge is 0.302 e. The number of carbonyl (C=O) groups excluding carboxylic acids is 1. The minimum Gasteiger partial charge on any atom is -0.477 e. The second kappa shape index (κ2) is 13.0. The molecule has 2 fully saturated rings. The monoisotopic (exact) mass is 575 g/mol. The normalized spacial score (nSPS) is 17.2. The average molecular weight is 576 g/mol. The van der Waals surface area contributed by atoms with Crippen molar-refractivity contribution >= 4 is 34.9 Å². The van der Waals surface area contributed by atoms with Gasteiger partial charge in [-0.2, -0.15) is 8.78 Å². The Bertz CT molecular complexity index is 1250. The van der Waals surface area contributed by atoms with Gasteiger partial charge in [0.1, 0.15) is 5.69 Å². The number of hydrogen-bond acceptors (Lipinski definition) is 10. The van der Waals surface area contributed by atoms with E-state index < -0.39 is 5.76 Å². The molecular formula is C26H31F2N7O2S2. The Morgan fingerprint density at radius 2 is 2.03 bits per heavy atom. The Balaban J connectivity index is 1.31. The number of benzene rings is 1. The number of rotatable bonds is 12. The summed E-state index contributed by atoms with van der Waals surface area (Å²) in [7, 11) is 0.